The molecular formula is C15H26N4O3. The molecule has 0 spiro atoms. The van der Waals surface area contributed by atoms with Crippen LogP contribution in [0.15, 0.2) is 9.59 Å². The molecular weight excluding hydrogens is 284 g/mol. The quantitative estimate of drug-likeness (QED) is 0.722. The third kappa shape index (κ3) is 3.52. The van der Waals surface area contributed by atoms with E-state index >= 15 is 0 Å². The summed E-state index contributed by atoms with van der Waals surface area (Å²) in [6.45, 7) is 3.27. The molecule has 0 bridgehead atoms. The number of unbranched alkanes of at least 4 members (excludes halogenated alkanes) is 3. The van der Waals surface area contributed by atoms with Crippen LogP contribution in [0.3, 0.4) is 0 Å². The second kappa shape index (κ2) is 7.00. The van der Waals surface area contributed by atoms with Crippen molar-refractivity contribution < 1.29 is 5.11 Å². The molecule has 1 aliphatic rings. The van der Waals surface area contributed by atoms with Gasteiger partial charge in [-0.3, -0.25) is 14.3 Å². The van der Waals surface area contributed by atoms with Gasteiger partial charge in [-0.05, 0) is 19.8 Å². The minimum Gasteiger partial charge on any atom is -0.393 e. The Kier molecular flexibility index (Phi) is 5.28. The van der Waals surface area contributed by atoms with Crippen LogP contribution in [0.2, 0.25) is 0 Å². The molecule has 0 fully saturated rings. The summed E-state index contributed by atoms with van der Waals surface area (Å²) in [6, 6.07) is 0. The Morgan fingerprint density at radius 3 is 2.55 bits per heavy atom. The second-order valence-electron chi connectivity index (χ2n) is 6.15. The Labute approximate surface area is 130 Å². The average Bonchev–Trinajstić information content (AvgIpc) is 2.77. The van der Waals surface area contributed by atoms with Crippen LogP contribution >= 0.6 is 0 Å². The molecule has 0 amide bonds. The van der Waals surface area contributed by atoms with Crippen LogP contribution in [0.1, 0.15) is 39.0 Å². The van der Waals surface area contributed by atoms with Gasteiger partial charge in [-0.25, -0.2) is 4.79 Å². The van der Waals surface area contributed by atoms with E-state index in [1.54, 1.807) is 7.05 Å². The zero-order chi connectivity index (χ0) is 16.3. The third-order valence-electron chi connectivity index (χ3n) is 4.13. The lowest BCUT2D eigenvalue weighted by molar-refractivity contribution is 0.180. The average molecular weight is 310 g/mol. The number of aromatic amines is 1. The zero-order valence-corrected chi connectivity index (χ0v) is 13.6. The summed E-state index contributed by atoms with van der Waals surface area (Å²) in [6.07, 6.45) is 4.84. The van der Waals surface area contributed by atoms with Gasteiger partial charge >= 0.3 is 5.69 Å². The van der Waals surface area contributed by atoms with E-state index < -0.39 is 0 Å². The van der Waals surface area contributed by atoms with Gasteiger partial charge in [0, 0.05) is 20.6 Å². The first kappa shape index (κ1) is 16.6. The summed E-state index contributed by atoms with van der Waals surface area (Å²) in [5.41, 5.74) is -0.128. The molecule has 0 radical (unpaired) electrons. The Bertz CT molecular complexity index is 620. The molecule has 1 atom stereocenters. The first-order chi connectivity index (χ1) is 10.4. The van der Waals surface area contributed by atoms with Gasteiger partial charge in [0.1, 0.15) is 11.5 Å². The fourth-order valence-electron chi connectivity index (χ4n) is 2.97. The van der Waals surface area contributed by atoms with Crippen LogP contribution in [0, 0.1) is 0 Å². The zero-order valence-electron chi connectivity index (χ0n) is 13.6. The predicted octanol–water partition coefficient (Wildman–Crippen LogP) is 0.619. The lowest BCUT2D eigenvalue weighted by Gasteiger charge is -2.20. The topological polar surface area (TPSA) is 81.6 Å². The van der Waals surface area contributed by atoms with E-state index in [0.717, 1.165) is 38.6 Å². The van der Waals surface area contributed by atoms with E-state index in [0.29, 0.717) is 18.2 Å². The maximum Gasteiger partial charge on any atom is 0.329 e. The summed E-state index contributed by atoms with van der Waals surface area (Å²) in [5, 5.41) is 9.22. The van der Waals surface area contributed by atoms with Crippen LogP contribution in [0.4, 0.5) is 11.5 Å². The number of rotatable bonds is 7. The number of nitrogens with zero attached hydrogens (tertiary/aromatic N) is 3. The van der Waals surface area contributed by atoms with Gasteiger partial charge in [0.25, 0.3) is 5.56 Å². The number of hydrogen-bond acceptors (Lipinski definition) is 5. The Hall–Kier alpha value is -1.76. The number of aliphatic hydroxyl groups is 1. The molecule has 7 heteroatoms. The van der Waals surface area contributed by atoms with E-state index in [1.807, 2.05) is 18.9 Å². The number of hydrogen-bond donors (Lipinski definition) is 2. The van der Waals surface area contributed by atoms with Crippen molar-refractivity contribution >= 4 is 11.5 Å². The van der Waals surface area contributed by atoms with E-state index in [9.17, 15) is 14.7 Å². The highest BCUT2D eigenvalue weighted by Gasteiger charge is 2.28. The van der Waals surface area contributed by atoms with Gasteiger partial charge in [0.2, 0.25) is 0 Å². The van der Waals surface area contributed by atoms with Crippen molar-refractivity contribution in [1.82, 2.24) is 9.55 Å². The molecule has 1 unspecified atom stereocenters. The number of anilines is 2. The molecule has 7 nitrogen and oxygen atoms in total. The van der Waals surface area contributed by atoms with Gasteiger partial charge in [0.15, 0.2) is 0 Å². The standard InChI is InChI=1S/C15H26N4O3/c1-11(20)8-6-4-5-7-9-19-10-17(2)12-13(21)16-15(22)18(3)14(12)19/h11,20H,4-10H2,1-3H3,(H,16,21,22). The van der Waals surface area contributed by atoms with E-state index in [-0.39, 0.29) is 17.4 Å². The molecule has 0 saturated carbocycles. The summed E-state index contributed by atoms with van der Waals surface area (Å²) < 4.78 is 1.51. The van der Waals surface area contributed by atoms with Crippen LogP contribution in [0.5, 0.6) is 0 Å². The lowest BCUT2D eigenvalue weighted by atomic mass is 10.1. The fourth-order valence-corrected chi connectivity index (χ4v) is 2.97. The summed E-state index contributed by atoms with van der Waals surface area (Å²) >= 11 is 0. The largest absolute Gasteiger partial charge is 0.393 e. The normalized spacial score (nSPS) is 15.3. The fraction of sp³-hybridized carbons (Fsp3) is 0.733. The Morgan fingerprint density at radius 2 is 1.86 bits per heavy atom. The highest BCUT2D eigenvalue weighted by Crippen LogP contribution is 2.29. The minimum atomic E-state index is -0.374. The molecule has 0 saturated heterocycles. The first-order valence-electron chi connectivity index (χ1n) is 7.89. The van der Waals surface area contributed by atoms with E-state index in [1.165, 1.54) is 4.57 Å². The molecule has 2 N–H and O–H groups in total. The number of aliphatic hydroxyl groups excluding tert-OH is 1. The maximum atomic E-state index is 12.0. The highest BCUT2D eigenvalue weighted by molar-refractivity contribution is 5.71. The molecule has 0 aromatic carbocycles. The molecule has 1 aromatic rings. The SMILES string of the molecule is CC(O)CCCCCCN1CN(C)c2c1n(C)c(=O)[nH]c2=O. The van der Waals surface area contributed by atoms with E-state index in [2.05, 4.69) is 9.88 Å². The van der Waals surface area contributed by atoms with Gasteiger partial charge in [-0.2, -0.15) is 0 Å². The molecule has 22 heavy (non-hydrogen) atoms. The number of H-pyrrole nitrogens is 1. The van der Waals surface area contributed by atoms with Gasteiger partial charge in [-0.15, -0.1) is 0 Å². The van der Waals surface area contributed by atoms with Gasteiger partial charge < -0.3 is 14.9 Å². The lowest BCUT2D eigenvalue weighted by Crippen LogP contribution is -2.32. The number of aromatic nitrogens is 2. The molecule has 1 aliphatic heterocycles. The number of nitrogens with one attached hydrogen (secondary N) is 1. The van der Waals surface area contributed by atoms with Crippen molar-refractivity contribution in [1.29, 1.82) is 0 Å². The van der Waals surface area contributed by atoms with Crippen molar-refractivity contribution in [2.24, 2.45) is 7.05 Å². The monoisotopic (exact) mass is 310 g/mol. The minimum absolute atomic E-state index is 0.222. The van der Waals surface area contributed by atoms with Crippen LogP contribution in [-0.2, 0) is 7.05 Å². The molecule has 124 valence electrons. The van der Waals surface area contributed by atoms with Crippen molar-refractivity contribution in [3.8, 4) is 0 Å². The van der Waals surface area contributed by atoms with Crippen molar-refractivity contribution in [3.05, 3.63) is 20.8 Å². The first-order valence-corrected chi connectivity index (χ1v) is 7.89. The van der Waals surface area contributed by atoms with E-state index in [4.69, 9.17) is 0 Å². The van der Waals surface area contributed by atoms with Crippen molar-refractivity contribution in [2.75, 3.05) is 30.1 Å². The number of fused-ring (bicyclic) bond motifs is 1. The van der Waals surface area contributed by atoms with Crippen LogP contribution in [-0.4, -0.2) is 41.0 Å². The Morgan fingerprint density at radius 1 is 1.18 bits per heavy atom. The van der Waals surface area contributed by atoms with Gasteiger partial charge in [0.05, 0.1) is 12.8 Å². The molecule has 1 aromatic heterocycles. The highest BCUT2D eigenvalue weighted by atomic mass is 16.3. The van der Waals surface area contributed by atoms with Crippen LogP contribution in [0.25, 0.3) is 0 Å². The smallest absolute Gasteiger partial charge is 0.329 e. The third-order valence-corrected chi connectivity index (χ3v) is 4.13. The summed E-state index contributed by atoms with van der Waals surface area (Å²) in [7, 11) is 3.55. The second-order valence-corrected chi connectivity index (χ2v) is 6.15. The summed E-state index contributed by atoms with van der Waals surface area (Å²) in [5.74, 6) is 0.709. The van der Waals surface area contributed by atoms with Crippen LogP contribution < -0.4 is 21.0 Å². The molecule has 0 aliphatic carbocycles. The maximum absolute atomic E-state index is 12.0. The molecule has 2 heterocycles. The van der Waals surface area contributed by atoms with Crippen molar-refractivity contribution in [3.63, 3.8) is 0 Å². The Balaban J connectivity index is 1.96. The van der Waals surface area contributed by atoms with Crippen molar-refractivity contribution in [2.45, 2.75) is 45.1 Å². The predicted molar refractivity (Wildman–Crippen MR) is 87.7 cm³/mol. The summed E-state index contributed by atoms with van der Waals surface area (Å²) in [4.78, 5) is 30.0. The van der Waals surface area contributed by atoms with Gasteiger partial charge in [-0.1, -0.05) is 19.3 Å². The molecule has 2 rings (SSSR count).